The summed E-state index contributed by atoms with van der Waals surface area (Å²) in [6.07, 6.45) is -4.31. The van der Waals surface area contributed by atoms with Gasteiger partial charge in [0.15, 0.2) is 6.10 Å². The monoisotopic (exact) mass is 352 g/mol. The zero-order valence-corrected chi connectivity index (χ0v) is 13.0. The molecule has 1 amide bonds. The second kappa shape index (κ2) is 6.36. The number of rotatable bonds is 2. The first-order valence-corrected chi connectivity index (χ1v) is 7.61. The van der Waals surface area contributed by atoms with Gasteiger partial charge in [0.1, 0.15) is 0 Å². The lowest BCUT2D eigenvalue weighted by molar-refractivity contribution is -0.142. The molecule has 5 nitrogen and oxygen atoms in total. The van der Waals surface area contributed by atoms with Crippen LogP contribution in [0.5, 0.6) is 0 Å². The Hall–Kier alpha value is -2.61. The van der Waals surface area contributed by atoms with E-state index in [1.807, 2.05) is 0 Å². The third kappa shape index (κ3) is 3.43. The van der Waals surface area contributed by atoms with Crippen molar-refractivity contribution in [3.05, 3.63) is 69.1 Å². The molecular formula is C17H15F3N2O3. The van der Waals surface area contributed by atoms with Crippen molar-refractivity contribution in [2.45, 2.75) is 25.2 Å². The normalized spacial score (nSPS) is 15.6. The van der Waals surface area contributed by atoms with Crippen LogP contribution in [0, 0.1) is 0 Å². The largest absolute Gasteiger partial charge is 0.416 e. The number of alkyl halides is 3. The van der Waals surface area contributed by atoms with E-state index in [1.165, 1.54) is 17.2 Å². The molecule has 0 aliphatic carbocycles. The zero-order valence-electron chi connectivity index (χ0n) is 13.0. The predicted molar refractivity (Wildman–Crippen MR) is 82.6 cm³/mol. The molecule has 2 aromatic rings. The summed E-state index contributed by atoms with van der Waals surface area (Å²) in [6.45, 7) is 0.297. The first-order chi connectivity index (χ1) is 11.8. The van der Waals surface area contributed by atoms with Gasteiger partial charge in [0.2, 0.25) is 0 Å². The van der Waals surface area contributed by atoms with Crippen molar-refractivity contribution < 1.29 is 23.1 Å². The molecule has 1 aromatic carbocycles. The van der Waals surface area contributed by atoms with Gasteiger partial charge in [0.05, 0.1) is 12.1 Å². The third-order valence-corrected chi connectivity index (χ3v) is 4.24. The quantitative estimate of drug-likeness (QED) is 0.868. The maximum atomic E-state index is 12.8. The van der Waals surface area contributed by atoms with Gasteiger partial charge >= 0.3 is 6.18 Å². The van der Waals surface area contributed by atoms with E-state index >= 15 is 0 Å². The number of benzene rings is 1. The Morgan fingerprint density at radius 3 is 2.76 bits per heavy atom. The van der Waals surface area contributed by atoms with Crippen molar-refractivity contribution >= 4 is 5.91 Å². The van der Waals surface area contributed by atoms with E-state index < -0.39 is 23.8 Å². The van der Waals surface area contributed by atoms with Gasteiger partial charge in [-0.05, 0) is 35.7 Å². The number of nitrogens with zero attached hydrogens (tertiary/aromatic N) is 1. The summed E-state index contributed by atoms with van der Waals surface area (Å²) in [5, 5.41) is 10.2. The predicted octanol–water partition coefficient (Wildman–Crippen LogP) is 2.01. The number of nitrogens with one attached hydrogen (secondary N) is 1. The lowest BCUT2D eigenvalue weighted by Gasteiger charge is -2.30. The average Bonchev–Trinajstić information content (AvgIpc) is 2.60. The molecule has 25 heavy (non-hydrogen) atoms. The van der Waals surface area contributed by atoms with Gasteiger partial charge < -0.3 is 15.0 Å². The minimum atomic E-state index is -4.56. The van der Waals surface area contributed by atoms with Crippen LogP contribution in [0.3, 0.4) is 0 Å². The summed E-state index contributed by atoms with van der Waals surface area (Å²) >= 11 is 0. The molecule has 8 heteroatoms. The molecule has 2 heterocycles. The number of H-pyrrole nitrogens is 1. The van der Waals surface area contributed by atoms with Gasteiger partial charge in [-0.3, -0.25) is 9.59 Å². The van der Waals surface area contributed by atoms with Gasteiger partial charge in [-0.15, -0.1) is 0 Å². The summed E-state index contributed by atoms with van der Waals surface area (Å²) < 4.78 is 38.3. The number of aromatic amines is 1. The van der Waals surface area contributed by atoms with Crippen LogP contribution < -0.4 is 5.56 Å². The van der Waals surface area contributed by atoms with Crippen LogP contribution in [0.2, 0.25) is 0 Å². The van der Waals surface area contributed by atoms with Gasteiger partial charge in [0.25, 0.3) is 11.5 Å². The molecule has 0 spiro atoms. The minimum absolute atomic E-state index is 0.0142. The van der Waals surface area contributed by atoms with Crippen molar-refractivity contribution in [2.24, 2.45) is 0 Å². The Balaban J connectivity index is 1.82. The van der Waals surface area contributed by atoms with Gasteiger partial charge in [0, 0.05) is 18.3 Å². The molecule has 132 valence electrons. The van der Waals surface area contributed by atoms with Crippen LogP contribution in [0.4, 0.5) is 13.2 Å². The van der Waals surface area contributed by atoms with Crippen molar-refractivity contribution in [1.29, 1.82) is 0 Å². The van der Waals surface area contributed by atoms with Crippen molar-refractivity contribution in [3.8, 4) is 0 Å². The maximum Gasteiger partial charge on any atom is 0.416 e. The second-order valence-electron chi connectivity index (χ2n) is 5.85. The highest BCUT2D eigenvalue weighted by Crippen LogP contribution is 2.31. The molecule has 2 N–H and O–H groups in total. The molecular weight excluding hydrogens is 337 g/mol. The third-order valence-electron chi connectivity index (χ3n) is 4.24. The highest BCUT2D eigenvalue weighted by Gasteiger charge is 2.33. The van der Waals surface area contributed by atoms with Crippen LogP contribution >= 0.6 is 0 Å². The SMILES string of the molecule is O=C(C(O)c1cccc(C(F)(F)F)c1)N1CCc2cc[nH]c(=O)c2C1. The van der Waals surface area contributed by atoms with E-state index in [2.05, 4.69) is 4.98 Å². The number of halogens is 3. The number of carbonyl (C=O) groups excluding carboxylic acids is 1. The van der Waals surface area contributed by atoms with Crippen LogP contribution in [-0.2, 0) is 23.9 Å². The number of aromatic nitrogens is 1. The van der Waals surface area contributed by atoms with Crippen molar-refractivity contribution in [3.63, 3.8) is 0 Å². The number of carbonyl (C=O) groups is 1. The summed E-state index contributed by atoms with van der Waals surface area (Å²) in [5.74, 6) is -0.728. The fourth-order valence-corrected chi connectivity index (χ4v) is 2.87. The Morgan fingerprint density at radius 2 is 2.04 bits per heavy atom. The molecule has 3 rings (SSSR count). The molecule has 0 radical (unpaired) electrons. The number of hydrogen-bond donors (Lipinski definition) is 2. The molecule has 0 saturated heterocycles. The van der Waals surface area contributed by atoms with E-state index in [1.54, 1.807) is 6.07 Å². The van der Waals surface area contributed by atoms with E-state index in [0.29, 0.717) is 12.0 Å². The first-order valence-electron chi connectivity index (χ1n) is 7.61. The van der Waals surface area contributed by atoms with E-state index in [4.69, 9.17) is 0 Å². The lowest BCUT2D eigenvalue weighted by atomic mass is 10.00. The summed E-state index contributed by atoms with van der Waals surface area (Å²) in [4.78, 5) is 28.1. The van der Waals surface area contributed by atoms with Crippen LogP contribution in [0.1, 0.15) is 28.4 Å². The zero-order chi connectivity index (χ0) is 18.2. The topological polar surface area (TPSA) is 73.4 Å². The first kappa shape index (κ1) is 17.2. The standard InChI is InChI=1S/C17H15F3N2O3/c18-17(19,20)12-3-1-2-11(8-12)14(23)16(25)22-7-5-10-4-6-21-15(24)13(10)9-22/h1-4,6,8,14,23H,5,7,9H2,(H,21,24). The second-order valence-corrected chi connectivity index (χ2v) is 5.85. The number of aliphatic hydroxyl groups excluding tert-OH is 1. The van der Waals surface area contributed by atoms with Crippen molar-refractivity contribution in [1.82, 2.24) is 9.88 Å². The molecule has 0 bridgehead atoms. The van der Waals surface area contributed by atoms with E-state index in [-0.39, 0.29) is 24.2 Å². The Bertz CT molecular complexity index is 861. The van der Waals surface area contributed by atoms with Gasteiger partial charge in [-0.25, -0.2) is 0 Å². The average molecular weight is 352 g/mol. The van der Waals surface area contributed by atoms with Crippen molar-refractivity contribution in [2.75, 3.05) is 6.54 Å². The molecule has 0 fully saturated rings. The molecule has 0 saturated carbocycles. The van der Waals surface area contributed by atoms with Gasteiger partial charge in [-0.2, -0.15) is 13.2 Å². The summed E-state index contributed by atoms with van der Waals surface area (Å²) in [6, 6.07) is 5.79. The summed E-state index contributed by atoms with van der Waals surface area (Å²) in [7, 11) is 0. The van der Waals surface area contributed by atoms with Gasteiger partial charge in [-0.1, -0.05) is 12.1 Å². The number of aliphatic hydroxyl groups is 1. The molecule has 1 unspecified atom stereocenters. The van der Waals surface area contributed by atoms with Crippen LogP contribution in [0.15, 0.2) is 41.3 Å². The molecule has 1 atom stereocenters. The summed E-state index contributed by atoms with van der Waals surface area (Å²) in [5.41, 5.74) is -0.131. The number of hydrogen-bond acceptors (Lipinski definition) is 3. The Morgan fingerprint density at radius 1 is 1.28 bits per heavy atom. The van der Waals surface area contributed by atoms with Crippen LogP contribution in [-0.4, -0.2) is 27.4 Å². The maximum absolute atomic E-state index is 12.8. The fourth-order valence-electron chi connectivity index (χ4n) is 2.87. The molecule has 1 aliphatic rings. The Labute approximate surface area is 140 Å². The molecule has 1 aliphatic heterocycles. The van der Waals surface area contributed by atoms with E-state index in [0.717, 1.165) is 23.8 Å². The number of fused-ring (bicyclic) bond motifs is 1. The highest BCUT2D eigenvalue weighted by atomic mass is 19.4. The molecule has 1 aromatic heterocycles. The smallest absolute Gasteiger partial charge is 0.378 e. The lowest BCUT2D eigenvalue weighted by Crippen LogP contribution is -2.41. The highest BCUT2D eigenvalue weighted by molar-refractivity contribution is 5.82. The fraction of sp³-hybridized carbons (Fsp3) is 0.294. The Kier molecular flexibility index (Phi) is 4.38. The minimum Gasteiger partial charge on any atom is -0.378 e. The number of amides is 1. The van der Waals surface area contributed by atoms with Crippen LogP contribution in [0.25, 0.3) is 0 Å². The van der Waals surface area contributed by atoms with E-state index in [9.17, 15) is 27.9 Å². The number of pyridine rings is 1.